The van der Waals surface area contributed by atoms with Gasteiger partial charge >= 0.3 is 0 Å². The average molecular weight is 427 g/mol. The molecule has 0 bridgehead atoms. The van der Waals surface area contributed by atoms with Gasteiger partial charge in [0.25, 0.3) is 0 Å². The number of hydrogen-bond donors (Lipinski definition) is 1. The van der Waals surface area contributed by atoms with Gasteiger partial charge in [-0.1, -0.05) is 37.1 Å². The Morgan fingerprint density at radius 3 is 2.43 bits per heavy atom. The number of guanidine groups is 1. The van der Waals surface area contributed by atoms with E-state index in [9.17, 15) is 0 Å². The third kappa shape index (κ3) is 4.61. The van der Waals surface area contributed by atoms with Gasteiger partial charge in [0.05, 0.1) is 0 Å². The van der Waals surface area contributed by atoms with E-state index in [2.05, 4.69) is 46.4 Å². The Hall–Kier alpha value is -0.780. The number of nitrogens with zero attached hydrogens (tertiary/aromatic N) is 2. The first-order chi connectivity index (χ1) is 10.8. The van der Waals surface area contributed by atoms with Crippen LogP contribution in [0, 0.1) is 18.8 Å². The number of aryl methyl sites for hydroxylation is 1. The molecule has 3 nitrogen and oxygen atoms in total. The molecular weight excluding hydrogens is 397 g/mol. The van der Waals surface area contributed by atoms with Crippen molar-refractivity contribution in [3.63, 3.8) is 0 Å². The molecule has 0 radical (unpaired) electrons. The zero-order valence-electron chi connectivity index (χ0n) is 14.4. The lowest BCUT2D eigenvalue weighted by Gasteiger charge is -2.22. The fraction of sp³-hybridized carbons (Fsp3) is 0.632. The summed E-state index contributed by atoms with van der Waals surface area (Å²) in [5, 5.41) is 3.57. The number of fused-ring (bicyclic) bond motifs is 1. The Balaban J connectivity index is 0.00000192. The largest absolute Gasteiger partial charge is 0.356 e. The van der Waals surface area contributed by atoms with E-state index in [1.807, 2.05) is 7.05 Å². The van der Waals surface area contributed by atoms with Gasteiger partial charge < -0.3 is 10.2 Å². The molecule has 2 atom stereocenters. The standard InChI is InChI=1S/C19H29N3.HI/c1-15-7-3-4-8-16(15)11-12-21-19(20-2)22-13-17-9-5-6-10-18(17)14-22;/h3-4,7-8,17-18H,5-6,9-14H2,1-2H3,(H,20,21);1H. The number of nitrogens with one attached hydrogen (secondary N) is 1. The lowest BCUT2D eigenvalue weighted by molar-refractivity contribution is 0.299. The van der Waals surface area contributed by atoms with Gasteiger partial charge in [-0.15, -0.1) is 24.0 Å². The van der Waals surface area contributed by atoms with Gasteiger partial charge in [0, 0.05) is 26.7 Å². The van der Waals surface area contributed by atoms with Crippen LogP contribution < -0.4 is 5.32 Å². The Bertz CT molecular complexity index is 515. The second kappa shape index (κ2) is 8.90. The number of hydrogen-bond acceptors (Lipinski definition) is 1. The zero-order chi connectivity index (χ0) is 15.4. The van der Waals surface area contributed by atoms with Crippen LogP contribution in [0.2, 0.25) is 0 Å². The highest BCUT2D eigenvalue weighted by Gasteiger charge is 2.35. The van der Waals surface area contributed by atoms with Crippen LogP contribution in [-0.4, -0.2) is 37.5 Å². The maximum atomic E-state index is 4.51. The van der Waals surface area contributed by atoms with E-state index < -0.39 is 0 Å². The molecule has 1 aromatic carbocycles. The third-order valence-corrected chi connectivity index (χ3v) is 5.43. The molecule has 4 heteroatoms. The molecule has 1 heterocycles. The summed E-state index contributed by atoms with van der Waals surface area (Å²) in [5.41, 5.74) is 2.81. The van der Waals surface area contributed by atoms with Gasteiger partial charge in [0.1, 0.15) is 0 Å². The summed E-state index contributed by atoms with van der Waals surface area (Å²) in [5.74, 6) is 2.91. The minimum atomic E-state index is 0. The van der Waals surface area contributed by atoms with Crippen LogP contribution in [0.5, 0.6) is 0 Å². The number of likely N-dealkylation sites (tertiary alicyclic amines) is 1. The zero-order valence-corrected chi connectivity index (χ0v) is 16.8. The first kappa shape index (κ1) is 18.6. The predicted octanol–water partition coefficient (Wildman–Crippen LogP) is 3.85. The minimum Gasteiger partial charge on any atom is -0.356 e. The third-order valence-electron chi connectivity index (χ3n) is 5.43. The molecule has 2 fully saturated rings. The Kier molecular flexibility index (Phi) is 7.18. The monoisotopic (exact) mass is 427 g/mol. The summed E-state index contributed by atoms with van der Waals surface area (Å²) in [6.45, 7) is 5.56. The molecular formula is C19H30IN3. The maximum absolute atomic E-state index is 4.51. The van der Waals surface area contributed by atoms with Crippen molar-refractivity contribution in [1.82, 2.24) is 10.2 Å². The highest BCUT2D eigenvalue weighted by atomic mass is 127. The number of rotatable bonds is 3. The highest BCUT2D eigenvalue weighted by molar-refractivity contribution is 14.0. The maximum Gasteiger partial charge on any atom is 0.193 e. The van der Waals surface area contributed by atoms with Crippen molar-refractivity contribution in [1.29, 1.82) is 0 Å². The molecule has 3 rings (SSSR count). The molecule has 1 aliphatic carbocycles. The molecule has 1 aromatic rings. The molecule has 0 aromatic heterocycles. The Labute approximate surface area is 158 Å². The summed E-state index contributed by atoms with van der Waals surface area (Å²) < 4.78 is 0. The summed E-state index contributed by atoms with van der Waals surface area (Å²) in [6.07, 6.45) is 6.75. The fourth-order valence-corrected chi connectivity index (χ4v) is 4.11. The molecule has 1 saturated heterocycles. The second-order valence-corrected chi connectivity index (χ2v) is 6.86. The van der Waals surface area contributed by atoms with Crippen LogP contribution in [0.1, 0.15) is 36.8 Å². The van der Waals surface area contributed by atoms with Gasteiger partial charge in [0.2, 0.25) is 0 Å². The first-order valence-electron chi connectivity index (χ1n) is 8.78. The van der Waals surface area contributed by atoms with Crippen LogP contribution in [0.3, 0.4) is 0 Å². The predicted molar refractivity (Wildman–Crippen MR) is 109 cm³/mol. The van der Waals surface area contributed by atoms with Crippen LogP contribution in [0.15, 0.2) is 29.3 Å². The van der Waals surface area contributed by atoms with Gasteiger partial charge in [0.15, 0.2) is 5.96 Å². The van der Waals surface area contributed by atoms with Crippen LogP contribution in [0.25, 0.3) is 0 Å². The second-order valence-electron chi connectivity index (χ2n) is 6.86. The van der Waals surface area contributed by atoms with Crippen LogP contribution in [0.4, 0.5) is 0 Å². The van der Waals surface area contributed by atoms with E-state index in [-0.39, 0.29) is 24.0 Å². The SMILES string of the molecule is CN=C(NCCc1ccccc1C)N1CC2CCCCC2C1.I. The molecule has 128 valence electrons. The fourth-order valence-electron chi connectivity index (χ4n) is 4.11. The Morgan fingerprint density at radius 2 is 1.83 bits per heavy atom. The van der Waals surface area contributed by atoms with Crippen molar-refractivity contribution in [2.24, 2.45) is 16.8 Å². The summed E-state index contributed by atoms with van der Waals surface area (Å²) in [7, 11) is 1.91. The van der Waals surface area contributed by atoms with Crippen LogP contribution in [-0.2, 0) is 6.42 Å². The molecule has 0 amide bonds. The van der Waals surface area contributed by atoms with Gasteiger partial charge in [-0.05, 0) is 49.1 Å². The summed E-state index contributed by atoms with van der Waals surface area (Å²) in [6, 6.07) is 8.65. The molecule has 0 spiro atoms. The minimum absolute atomic E-state index is 0. The normalized spacial score (nSPS) is 24.1. The van der Waals surface area contributed by atoms with E-state index in [0.717, 1.165) is 30.8 Å². The van der Waals surface area contributed by atoms with Crippen molar-refractivity contribution in [3.8, 4) is 0 Å². The van der Waals surface area contributed by atoms with Crippen molar-refractivity contribution >= 4 is 29.9 Å². The summed E-state index contributed by atoms with van der Waals surface area (Å²) in [4.78, 5) is 7.00. The van der Waals surface area contributed by atoms with E-state index in [1.165, 1.54) is 49.9 Å². The Morgan fingerprint density at radius 1 is 1.17 bits per heavy atom. The highest BCUT2D eigenvalue weighted by Crippen LogP contribution is 2.35. The number of benzene rings is 1. The van der Waals surface area contributed by atoms with Crippen molar-refractivity contribution < 1.29 is 0 Å². The van der Waals surface area contributed by atoms with Gasteiger partial charge in [-0.3, -0.25) is 4.99 Å². The first-order valence-corrected chi connectivity index (χ1v) is 8.78. The quantitative estimate of drug-likeness (QED) is 0.451. The van der Waals surface area contributed by atoms with Crippen molar-refractivity contribution in [2.45, 2.75) is 39.0 Å². The van der Waals surface area contributed by atoms with Gasteiger partial charge in [-0.2, -0.15) is 0 Å². The van der Waals surface area contributed by atoms with Crippen molar-refractivity contribution in [2.75, 3.05) is 26.7 Å². The van der Waals surface area contributed by atoms with E-state index >= 15 is 0 Å². The number of halogens is 1. The molecule has 1 aliphatic heterocycles. The molecule has 1 N–H and O–H groups in total. The van der Waals surface area contributed by atoms with E-state index in [1.54, 1.807) is 0 Å². The van der Waals surface area contributed by atoms with E-state index in [4.69, 9.17) is 0 Å². The topological polar surface area (TPSA) is 27.6 Å². The molecule has 1 saturated carbocycles. The lowest BCUT2D eigenvalue weighted by Crippen LogP contribution is -2.41. The smallest absolute Gasteiger partial charge is 0.193 e. The lowest BCUT2D eigenvalue weighted by atomic mass is 9.82. The number of aliphatic imine (C=N–C) groups is 1. The summed E-state index contributed by atoms with van der Waals surface area (Å²) >= 11 is 0. The van der Waals surface area contributed by atoms with Crippen LogP contribution >= 0.6 is 24.0 Å². The van der Waals surface area contributed by atoms with Crippen molar-refractivity contribution in [3.05, 3.63) is 35.4 Å². The van der Waals surface area contributed by atoms with Gasteiger partial charge in [-0.25, -0.2) is 0 Å². The van der Waals surface area contributed by atoms with E-state index in [0.29, 0.717) is 0 Å². The average Bonchev–Trinajstić information content (AvgIpc) is 2.97. The molecule has 2 aliphatic rings. The molecule has 23 heavy (non-hydrogen) atoms. The molecule has 2 unspecified atom stereocenters.